The zero-order valence-electron chi connectivity index (χ0n) is 7.56. The molecule has 0 amide bonds. The largest absolute Gasteiger partial charge is 0.238 e. The van der Waals surface area contributed by atoms with E-state index in [9.17, 15) is 0 Å². The standard InChI is InChI=1S/C8H17NS/c1-6(2)8(10-5)9-7(3)4/h6-7H,1-5H3/p+1. The number of nitrogens with one attached hydrogen (secondary N) is 1. The highest BCUT2D eigenvalue weighted by molar-refractivity contribution is 8.13. The first kappa shape index (κ1) is 10.0. The van der Waals surface area contributed by atoms with Crippen LogP contribution < -0.4 is 4.99 Å². The van der Waals surface area contributed by atoms with Crippen LogP contribution in [0.5, 0.6) is 0 Å². The van der Waals surface area contributed by atoms with Gasteiger partial charge in [-0.1, -0.05) is 25.6 Å². The number of hydrogen-bond donors (Lipinski definition) is 1. The van der Waals surface area contributed by atoms with Gasteiger partial charge in [-0.05, 0) is 20.1 Å². The maximum atomic E-state index is 3.41. The normalized spacial score (nSPS) is 13.3. The second-order valence-corrected chi connectivity index (χ2v) is 3.87. The highest BCUT2D eigenvalue weighted by atomic mass is 32.2. The smallest absolute Gasteiger partial charge is 0.211 e. The van der Waals surface area contributed by atoms with E-state index in [0.29, 0.717) is 12.0 Å². The fraction of sp³-hybridized carbons (Fsp3) is 0.875. The van der Waals surface area contributed by atoms with Gasteiger partial charge >= 0.3 is 0 Å². The first-order valence-electron chi connectivity index (χ1n) is 3.75. The molecule has 0 aliphatic rings. The zero-order valence-corrected chi connectivity index (χ0v) is 8.38. The van der Waals surface area contributed by atoms with Gasteiger partial charge in [-0.3, -0.25) is 0 Å². The van der Waals surface area contributed by atoms with Crippen LogP contribution in [0.3, 0.4) is 0 Å². The molecule has 0 aromatic carbocycles. The second kappa shape index (κ2) is 4.78. The molecule has 2 heteroatoms. The molecular formula is C8H18NS+. The van der Waals surface area contributed by atoms with Crippen molar-refractivity contribution >= 4 is 16.8 Å². The summed E-state index contributed by atoms with van der Waals surface area (Å²) >= 11 is 1.81. The lowest BCUT2D eigenvalue weighted by atomic mass is 10.2. The quantitative estimate of drug-likeness (QED) is 0.468. The van der Waals surface area contributed by atoms with E-state index in [1.165, 1.54) is 5.04 Å². The van der Waals surface area contributed by atoms with Gasteiger partial charge in [-0.15, -0.1) is 0 Å². The van der Waals surface area contributed by atoms with Crippen molar-refractivity contribution in [1.82, 2.24) is 0 Å². The van der Waals surface area contributed by atoms with E-state index in [0.717, 1.165) is 0 Å². The van der Waals surface area contributed by atoms with Crippen LogP contribution in [0.4, 0.5) is 0 Å². The van der Waals surface area contributed by atoms with Crippen molar-refractivity contribution in [2.45, 2.75) is 33.7 Å². The lowest BCUT2D eigenvalue weighted by molar-refractivity contribution is -0.492. The van der Waals surface area contributed by atoms with Crippen LogP contribution in [0, 0.1) is 5.92 Å². The van der Waals surface area contributed by atoms with Crippen LogP contribution in [0.15, 0.2) is 0 Å². The summed E-state index contributed by atoms with van der Waals surface area (Å²) in [5.74, 6) is 0.636. The van der Waals surface area contributed by atoms with E-state index in [2.05, 4.69) is 38.9 Å². The summed E-state index contributed by atoms with van der Waals surface area (Å²) in [5.41, 5.74) is 0. The first-order valence-corrected chi connectivity index (χ1v) is 4.97. The van der Waals surface area contributed by atoms with Crippen LogP contribution in [0.2, 0.25) is 0 Å². The predicted octanol–water partition coefficient (Wildman–Crippen LogP) is 0.893. The summed E-state index contributed by atoms with van der Waals surface area (Å²) in [6.45, 7) is 8.75. The average molecular weight is 160 g/mol. The van der Waals surface area contributed by atoms with Crippen LogP contribution in [-0.2, 0) is 0 Å². The van der Waals surface area contributed by atoms with Crippen molar-refractivity contribution in [3.63, 3.8) is 0 Å². The lowest BCUT2D eigenvalue weighted by Gasteiger charge is -2.01. The van der Waals surface area contributed by atoms with Gasteiger partial charge in [0.25, 0.3) is 0 Å². The van der Waals surface area contributed by atoms with Gasteiger partial charge in [0.15, 0.2) is 0 Å². The minimum atomic E-state index is 0.560. The van der Waals surface area contributed by atoms with E-state index < -0.39 is 0 Å². The Hall–Kier alpha value is 0.0200. The Labute approximate surface area is 68.3 Å². The Kier molecular flexibility index (Phi) is 4.79. The Morgan fingerprint density at radius 2 is 1.70 bits per heavy atom. The molecule has 10 heavy (non-hydrogen) atoms. The Balaban J connectivity index is 4.04. The molecule has 0 aromatic rings. The van der Waals surface area contributed by atoms with Gasteiger partial charge in [0.1, 0.15) is 6.04 Å². The van der Waals surface area contributed by atoms with Gasteiger partial charge in [0.2, 0.25) is 5.04 Å². The monoisotopic (exact) mass is 160 g/mol. The highest BCUT2D eigenvalue weighted by Gasteiger charge is 2.09. The van der Waals surface area contributed by atoms with Gasteiger partial charge in [-0.2, -0.15) is 0 Å². The number of thioether (sulfide) groups is 1. The second-order valence-electron chi connectivity index (χ2n) is 3.02. The molecule has 0 rings (SSSR count). The minimum Gasteiger partial charge on any atom is -0.238 e. The molecule has 0 fully saturated rings. The highest BCUT2D eigenvalue weighted by Crippen LogP contribution is 2.02. The fourth-order valence-electron chi connectivity index (χ4n) is 0.746. The van der Waals surface area contributed by atoms with Gasteiger partial charge in [0, 0.05) is 5.92 Å². The zero-order chi connectivity index (χ0) is 8.15. The van der Waals surface area contributed by atoms with E-state index in [1.807, 2.05) is 11.8 Å². The molecule has 0 radical (unpaired) electrons. The summed E-state index contributed by atoms with van der Waals surface area (Å²) in [6.07, 6.45) is 2.12. The summed E-state index contributed by atoms with van der Waals surface area (Å²) < 4.78 is 0. The van der Waals surface area contributed by atoms with Crippen molar-refractivity contribution in [2.75, 3.05) is 6.26 Å². The molecule has 60 valence electrons. The third kappa shape index (κ3) is 3.94. The molecule has 0 saturated heterocycles. The third-order valence-electron chi connectivity index (χ3n) is 1.18. The Bertz CT molecular complexity index is 116. The molecular weight excluding hydrogens is 142 g/mol. The van der Waals surface area contributed by atoms with Crippen LogP contribution in [0.25, 0.3) is 0 Å². The molecule has 0 aromatic heterocycles. The van der Waals surface area contributed by atoms with Crippen molar-refractivity contribution in [3.8, 4) is 0 Å². The van der Waals surface area contributed by atoms with Crippen LogP contribution >= 0.6 is 11.8 Å². The lowest BCUT2D eigenvalue weighted by Crippen LogP contribution is -2.78. The topological polar surface area (TPSA) is 14.0 Å². The maximum absolute atomic E-state index is 3.41. The molecule has 0 saturated carbocycles. The van der Waals surface area contributed by atoms with Crippen molar-refractivity contribution in [1.29, 1.82) is 0 Å². The predicted molar refractivity (Wildman–Crippen MR) is 49.5 cm³/mol. The van der Waals surface area contributed by atoms with E-state index in [1.54, 1.807) is 0 Å². The molecule has 1 nitrogen and oxygen atoms in total. The third-order valence-corrected chi connectivity index (χ3v) is 2.20. The Morgan fingerprint density at radius 3 is 1.80 bits per heavy atom. The van der Waals surface area contributed by atoms with E-state index in [4.69, 9.17) is 0 Å². The summed E-state index contributed by atoms with van der Waals surface area (Å²) in [5, 5.41) is 1.38. The van der Waals surface area contributed by atoms with Crippen molar-refractivity contribution in [2.24, 2.45) is 5.92 Å². The van der Waals surface area contributed by atoms with E-state index in [-0.39, 0.29) is 0 Å². The van der Waals surface area contributed by atoms with E-state index >= 15 is 0 Å². The molecule has 0 heterocycles. The molecule has 0 spiro atoms. The summed E-state index contributed by atoms with van der Waals surface area (Å²) in [6, 6.07) is 0.560. The molecule has 0 aliphatic carbocycles. The average Bonchev–Trinajstić information content (AvgIpc) is 1.81. The SMILES string of the molecule is CSC(=[NH+]C(C)C)C(C)C. The first-order chi connectivity index (χ1) is 4.57. The summed E-state index contributed by atoms with van der Waals surface area (Å²) in [7, 11) is 0. The van der Waals surface area contributed by atoms with Crippen molar-refractivity contribution in [3.05, 3.63) is 0 Å². The van der Waals surface area contributed by atoms with Crippen LogP contribution in [0.1, 0.15) is 27.7 Å². The molecule has 0 aliphatic heterocycles. The number of rotatable bonds is 2. The Morgan fingerprint density at radius 1 is 1.20 bits per heavy atom. The summed E-state index contributed by atoms with van der Waals surface area (Å²) in [4.78, 5) is 3.41. The van der Waals surface area contributed by atoms with Gasteiger partial charge in [0.05, 0.1) is 0 Å². The number of hydrogen-bond acceptors (Lipinski definition) is 1. The minimum absolute atomic E-state index is 0.560. The maximum Gasteiger partial charge on any atom is 0.211 e. The van der Waals surface area contributed by atoms with Crippen LogP contribution in [-0.4, -0.2) is 17.3 Å². The molecule has 0 atom stereocenters. The molecule has 0 unspecified atom stereocenters. The molecule has 1 N–H and O–H groups in total. The van der Waals surface area contributed by atoms with Gasteiger partial charge in [-0.25, -0.2) is 4.99 Å². The fourth-order valence-corrected chi connectivity index (χ4v) is 1.57. The van der Waals surface area contributed by atoms with Crippen molar-refractivity contribution < 1.29 is 4.99 Å². The molecule has 0 bridgehead atoms. The van der Waals surface area contributed by atoms with Gasteiger partial charge < -0.3 is 0 Å².